The lowest BCUT2D eigenvalue weighted by molar-refractivity contribution is 0.124. The fraction of sp³-hybridized carbons (Fsp3) is 0.867. The monoisotopic (exact) mass is 220 g/mol. The van der Waals surface area contributed by atoms with Gasteiger partial charge in [-0.25, -0.2) is 0 Å². The average molecular weight is 220 g/mol. The minimum absolute atomic E-state index is 0.243. The highest BCUT2D eigenvalue weighted by molar-refractivity contribution is 5.26. The molecule has 5 unspecified atom stereocenters. The molecule has 90 valence electrons. The molecule has 0 radical (unpaired) electrons. The zero-order chi connectivity index (χ0) is 11.6. The van der Waals surface area contributed by atoms with E-state index in [9.17, 15) is 0 Å². The Labute approximate surface area is 99.3 Å². The third-order valence-electron chi connectivity index (χ3n) is 5.77. The molecule has 3 fully saturated rings. The molecule has 1 saturated heterocycles. The summed E-state index contributed by atoms with van der Waals surface area (Å²) in [5.74, 6) is 2.21. The van der Waals surface area contributed by atoms with Crippen LogP contribution in [0.4, 0.5) is 0 Å². The molecule has 0 spiro atoms. The molecular formula is C15H24O. The molecule has 1 nitrogen and oxygen atoms in total. The van der Waals surface area contributed by atoms with Crippen molar-refractivity contribution in [3.63, 3.8) is 0 Å². The van der Waals surface area contributed by atoms with E-state index in [0.717, 1.165) is 11.8 Å². The van der Waals surface area contributed by atoms with Crippen LogP contribution < -0.4 is 0 Å². The topological polar surface area (TPSA) is 12.5 Å². The van der Waals surface area contributed by atoms with Crippen LogP contribution in [0.15, 0.2) is 12.2 Å². The van der Waals surface area contributed by atoms with Gasteiger partial charge in [-0.2, -0.15) is 0 Å². The number of epoxide rings is 1. The van der Waals surface area contributed by atoms with E-state index >= 15 is 0 Å². The molecule has 1 aliphatic heterocycles. The van der Waals surface area contributed by atoms with Crippen LogP contribution in [0.5, 0.6) is 0 Å². The van der Waals surface area contributed by atoms with Crippen LogP contribution in [-0.2, 0) is 4.74 Å². The summed E-state index contributed by atoms with van der Waals surface area (Å²) in [6.07, 6.45) is 6.57. The van der Waals surface area contributed by atoms with Crippen LogP contribution in [0, 0.1) is 17.8 Å². The van der Waals surface area contributed by atoms with E-state index in [4.69, 9.17) is 4.74 Å². The van der Waals surface area contributed by atoms with Crippen molar-refractivity contribution in [2.75, 3.05) is 0 Å². The highest BCUT2D eigenvalue weighted by atomic mass is 16.6. The highest BCUT2D eigenvalue weighted by Crippen LogP contribution is 2.70. The van der Waals surface area contributed by atoms with Gasteiger partial charge in [-0.15, -0.1) is 0 Å². The van der Waals surface area contributed by atoms with E-state index in [0.29, 0.717) is 5.92 Å². The first-order chi connectivity index (χ1) is 7.52. The summed E-state index contributed by atoms with van der Waals surface area (Å²) < 4.78 is 6.33. The van der Waals surface area contributed by atoms with E-state index in [1.165, 1.54) is 37.7 Å². The molecule has 0 aromatic heterocycles. The molecule has 0 bridgehead atoms. The molecule has 3 rings (SSSR count). The molecule has 1 heterocycles. The zero-order valence-corrected chi connectivity index (χ0v) is 10.9. The Hall–Kier alpha value is -0.300. The summed E-state index contributed by atoms with van der Waals surface area (Å²) in [6.45, 7) is 11.2. The molecule has 0 aromatic rings. The molecule has 1 heteroatoms. The standard InChI is InChI=1S/C15H24O/c1-10(2)13-6-5-11(3)14-8-7-12(4)15(14,9-13)16-14/h11-13H,1,5-9H2,2-4H3. The molecule has 2 saturated carbocycles. The van der Waals surface area contributed by atoms with Gasteiger partial charge >= 0.3 is 0 Å². The SMILES string of the molecule is C=C(C)C1CCC(C)C23CCC(C)C2(C1)O3. The predicted molar refractivity (Wildman–Crippen MR) is 66.3 cm³/mol. The molecule has 3 aliphatic rings. The quantitative estimate of drug-likeness (QED) is 0.482. The van der Waals surface area contributed by atoms with Crippen molar-refractivity contribution in [2.45, 2.75) is 64.1 Å². The normalized spacial score (nSPS) is 55.1. The van der Waals surface area contributed by atoms with E-state index in [1.54, 1.807) is 0 Å². The molecular weight excluding hydrogens is 196 g/mol. The first-order valence-corrected chi connectivity index (χ1v) is 6.87. The Kier molecular flexibility index (Phi) is 2.12. The number of hydrogen-bond donors (Lipinski definition) is 0. The highest BCUT2D eigenvalue weighted by Gasteiger charge is 2.77. The van der Waals surface area contributed by atoms with Crippen molar-refractivity contribution in [3.05, 3.63) is 12.2 Å². The minimum atomic E-state index is 0.243. The Balaban J connectivity index is 1.92. The Morgan fingerprint density at radius 2 is 1.81 bits per heavy atom. The van der Waals surface area contributed by atoms with Gasteiger partial charge in [0.15, 0.2) is 0 Å². The fourth-order valence-electron chi connectivity index (χ4n) is 4.50. The van der Waals surface area contributed by atoms with Gasteiger partial charge in [-0.05, 0) is 56.8 Å². The predicted octanol–water partition coefficient (Wildman–Crippen LogP) is 3.94. The second kappa shape index (κ2) is 3.13. The van der Waals surface area contributed by atoms with Crippen molar-refractivity contribution in [3.8, 4) is 0 Å². The van der Waals surface area contributed by atoms with Gasteiger partial charge in [0.05, 0.1) is 0 Å². The Bertz CT molecular complexity index is 334. The van der Waals surface area contributed by atoms with Crippen LogP contribution in [0.25, 0.3) is 0 Å². The van der Waals surface area contributed by atoms with Gasteiger partial charge in [0, 0.05) is 0 Å². The fourth-order valence-corrected chi connectivity index (χ4v) is 4.50. The molecule has 5 atom stereocenters. The first kappa shape index (κ1) is 10.8. The molecule has 16 heavy (non-hydrogen) atoms. The first-order valence-electron chi connectivity index (χ1n) is 6.87. The van der Waals surface area contributed by atoms with Crippen LogP contribution in [0.3, 0.4) is 0 Å². The maximum absolute atomic E-state index is 6.33. The third kappa shape index (κ3) is 1.11. The van der Waals surface area contributed by atoms with Crippen LogP contribution >= 0.6 is 0 Å². The van der Waals surface area contributed by atoms with Gasteiger partial charge < -0.3 is 4.74 Å². The second-order valence-electron chi connectivity index (χ2n) is 6.55. The maximum atomic E-state index is 6.33. The molecule has 0 amide bonds. The van der Waals surface area contributed by atoms with Gasteiger partial charge in [-0.1, -0.05) is 26.0 Å². The Morgan fingerprint density at radius 3 is 2.50 bits per heavy atom. The Morgan fingerprint density at radius 1 is 1.12 bits per heavy atom. The number of hydrogen-bond acceptors (Lipinski definition) is 1. The summed E-state index contributed by atoms with van der Waals surface area (Å²) in [5.41, 5.74) is 1.88. The van der Waals surface area contributed by atoms with Crippen LogP contribution in [0.1, 0.15) is 52.9 Å². The maximum Gasteiger partial charge on any atom is 0.101 e. The average Bonchev–Trinajstić information content (AvgIpc) is 2.84. The van der Waals surface area contributed by atoms with E-state index in [2.05, 4.69) is 27.4 Å². The smallest absolute Gasteiger partial charge is 0.101 e. The lowest BCUT2D eigenvalue weighted by Gasteiger charge is -2.22. The van der Waals surface area contributed by atoms with E-state index in [1.807, 2.05) is 0 Å². The third-order valence-corrected chi connectivity index (χ3v) is 5.77. The van der Waals surface area contributed by atoms with Crippen LogP contribution in [0.2, 0.25) is 0 Å². The van der Waals surface area contributed by atoms with E-state index in [-0.39, 0.29) is 11.2 Å². The summed E-state index contributed by atoms with van der Waals surface area (Å²) in [6, 6.07) is 0. The van der Waals surface area contributed by atoms with E-state index < -0.39 is 0 Å². The molecule has 0 aromatic carbocycles. The van der Waals surface area contributed by atoms with Crippen molar-refractivity contribution in [1.29, 1.82) is 0 Å². The van der Waals surface area contributed by atoms with Crippen LogP contribution in [-0.4, -0.2) is 11.2 Å². The zero-order valence-electron chi connectivity index (χ0n) is 10.9. The van der Waals surface area contributed by atoms with Gasteiger partial charge in [0.1, 0.15) is 11.2 Å². The second-order valence-corrected chi connectivity index (χ2v) is 6.55. The number of rotatable bonds is 1. The van der Waals surface area contributed by atoms with Crippen molar-refractivity contribution >= 4 is 0 Å². The summed E-state index contributed by atoms with van der Waals surface area (Å²) >= 11 is 0. The van der Waals surface area contributed by atoms with Gasteiger partial charge in [0.2, 0.25) is 0 Å². The lowest BCUT2D eigenvalue weighted by Crippen LogP contribution is -2.29. The molecule has 0 N–H and O–H groups in total. The molecule has 2 aliphatic carbocycles. The van der Waals surface area contributed by atoms with Crippen molar-refractivity contribution < 1.29 is 4.74 Å². The lowest BCUT2D eigenvalue weighted by atomic mass is 9.79. The minimum Gasteiger partial charge on any atom is -0.362 e. The summed E-state index contributed by atoms with van der Waals surface area (Å²) in [4.78, 5) is 0. The largest absolute Gasteiger partial charge is 0.362 e. The van der Waals surface area contributed by atoms with Crippen molar-refractivity contribution in [2.24, 2.45) is 17.8 Å². The summed E-state index contributed by atoms with van der Waals surface area (Å²) in [5, 5.41) is 0. The summed E-state index contributed by atoms with van der Waals surface area (Å²) in [7, 11) is 0. The van der Waals surface area contributed by atoms with Crippen molar-refractivity contribution in [1.82, 2.24) is 0 Å². The number of ether oxygens (including phenoxy) is 1. The van der Waals surface area contributed by atoms with Gasteiger partial charge in [-0.3, -0.25) is 0 Å². The number of allylic oxidation sites excluding steroid dienone is 1. The van der Waals surface area contributed by atoms with Gasteiger partial charge in [0.25, 0.3) is 0 Å².